The van der Waals surface area contributed by atoms with Gasteiger partial charge in [-0.2, -0.15) is 18.5 Å². The third-order valence-electron chi connectivity index (χ3n) is 3.34. The molecule has 1 heterocycles. The van der Waals surface area contributed by atoms with Gasteiger partial charge >= 0.3 is 0 Å². The summed E-state index contributed by atoms with van der Waals surface area (Å²) in [5.74, 6) is 0.947. The van der Waals surface area contributed by atoms with Crippen LogP contribution in [0.25, 0.3) is 10.9 Å². The fourth-order valence-corrected chi connectivity index (χ4v) is 2.22. The molecule has 2 rings (SSSR count). The summed E-state index contributed by atoms with van der Waals surface area (Å²) in [5, 5.41) is 13.7. The zero-order chi connectivity index (χ0) is 14.5. The van der Waals surface area contributed by atoms with Crippen LogP contribution in [-0.4, -0.2) is 27.7 Å². The summed E-state index contributed by atoms with van der Waals surface area (Å²) in [5.41, 5.74) is 7.71. The third-order valence-corrected chi connectivity index (χ3v) is 3.34. The summed E-state index contributed by atoms with van der Waals surface area (Å²) in [7, 11) is 0. The first-order valence-corrected chi connectivity index (χ1v) is 7.05. The van der Waals surface area contributed by atoms with Crippen LogP contribution in [0.5, 0.6) is 0 Å². The summed E-state index contributed by atoms with van der Waals surface area (Å²) < 4.78 is 0. The second-order valence-electron chi connectivity index (χ2n) is 5.12. The molecule has 2 aromatic rings. The highest BCUT2D eigenvalue weighted by atomic mass is 32.1. The molecule has 116 valence electrons. The number of nitrogen functional groups attached to an aromatic ring is 1. The van der Waals surface area contributed by atoms with Crippen molar-refractivity contribution in [2.45, 2.75) is 39.2 Å². The zero-order valence-electron chi connectivity index (χ0n) is 12.6. The maximum absolute atomic E-state index is 9.47. The normalized spacial score (nSPS) is 12.0. The second-order valence-corrected chi connectivity index (χ2v) is 5.12. The van der Waals surface area contributed by atoms with Crippen LogP contribution >= 0.6 is 13.5 Å². The third kappa shape index (κ3) is 4.47. The van der Waals surface area contributed by atoms with E-state index in [-0.39, 0.29) is 32.1 Å². The molecule has 0 fully saturated rings. The van der Waals surface area contributed by atoms with Crippen molar-refractivity contribution in [1.29, 1.82) is 0 Å². The van der Waals surface area contributed by atoms with Crippen LogP contribution in [0.2, 0.25) is 0 Å². The maximum atomic E-state index is 9.47. The van der Waals surface area contributed by atoms with E-state index in [9.17, 15) is 5.11 Å². The van der Waals surface area contributed by atoms with Crippen molar-refractivity contribution in [2.75, 3.05) is 17.7 Å². The van der Waals surface area contributed by atoms with Gasteiger partial charge in [0, 0.05) is 5.39 Å². The van der Waals surface area contributed by atoms with Crippen LogP contribution in [-0.2, 0) is 0 Å². The van der Waals surface area contributed by atoms with Gasteiger partial charge in [0.1, 0.15) is 5.82 Å². The van der Waals surface area contributed by atoms with Crippen molar-refractivity contribution >= 4 is 36.2 Å². The van der Waals surface area contributed by atoms with E-state index in [0.29, 0.717) is 5.82 Å². The fraction of sp³-hybridized carbons (Fsp3) is 0.467. The Labute approximate surface area is 132 Å². The van der Waals surface area contributed by atoms with Gasteiger partial charge in [0.15, 0.2) is 0 Å². The molecular formula is C15H24N4OS. The minimum atomic E-state index is -0.00652. The molecule has 0 unspecified atom stereocenters. The van der Waals surface area contributed by atoms with Crippen LogP contribution < -0.4 is 11.1 Å². The number of benzene rings is 1. The Balaban J connectivity index is 0.00000220. The Kier molecular flexibility index (Phi) is 6.71. The van der Waals surface area contributed by atoms with Gasteiger partial charge in [-0.25, -0.2) is 4.98 Å². The number of nitrogens with two attached hydrogens (primary N) is 1. The molecule has 0 aliphatic carbocycles. The first-order valence-electron chi connectivity index (χ1n) is 7.05. The summed E-state index contributed by atoms with van der Waals surface area (Å²) in [6.45, 7) is 4.24. The smallest absolute Gasteiger partial charge is 0.222 e. The fourth-order valence-electron chi connectivity index (χ4n) is 2.22. The number of aromatic nitrogens is 2. The SMILES string of the molecule is CCCC[C@@H](CO)Nc1nc(N)nc2ccc(C)cc12.S. The van der Waals surface area contributed by atoms with Crippen molar-refractivity contribution in [3.63, 3.8) is 0 Å². The van der Waals surface area contributed by atoms with E-state index in [4.69, 9.17) is 5.73 Å². The van der Waals surface area contributed by atoms with Gasteiger partial charge < -0.3 is 16.2 Å². The quantitative estimate of drug-likeness (QED) is 0.764. The predicted octanol–water partition coefficient (Wildman–Crippen LogP) is 2.60. The van der Waals surface area contributed by atoms with Crippen molar-refractivity contribution in [1.82, 2.24) is 9.97 Å². The molecule has 0 spiro atoms. The molecule has 1 aromatic heterocycles. The summed E-state index contributed by atoms with van der Waals surface area (Å²) in [6, 6.07) is 5.96. The molecule has 1 aromatic carbocycles. The highest BCUT2D eigenvalue weighted by Gasteiger charge is 2.12. The lowest BCUT2D eigenvalue weighted by Gasteiger charge is -2.18. The average Bonchev–Trinajstić information content (AvgIpc) is 2.43. The molecule has 0 saturated carbocycles. The minimum Gasteiger partial charge on any atom is -0.394 e. The van der Waals surface area contributed by atoms with E-state index in [2.05, 4.69) is 22.2 Å². The molecule has 0 saturated heterocycles. The number of nitrogens with zero attached hydrogens (tertiary/aromatic N) is 2. The van der Waals surface area contributed by atoms with E-state index >= 15 is 0 Å². The number of anilines is 2. The van der Waals surface area contributed by atoms with Gasteiger partial charge in [-0.05, 0) is 25.5 Å². The first kappa shape index (κ1) is 17.5. The number of aryl methyl sites for hydroxylation is 1. The molecule has 5 nitrogen and oxygen atoms in total. The molecule has 0 aliphatic heterocycles. The van der Waals surface area contributed by atoms with Gasteiger partial charge in [-0.3, -0.25) is 0 Å². The van der Waals surface area contributed by atoms with E-state index in [1.165, 1.54) is 0 Å². The molecule has 0 amide bonds. The standard InChI is InChI=1S/C15H22N4O.H2S/c1-3-4-5-11(9-20)17-14-12-8-10(2)6-7-13(12)18-15(16)19-14;/h6-8,11,20H,3-5,9H2,1-2H3,(H3,16,17,18,19);1H2/t11-;/m0./s1. The monoisotopic (exact) mass is 308 g/mol. The topological polar surface area (TPSA) is 84.1 Å². The first-order chi connectivity index (χ1) is 9.63. The predicted molar refractivity (Wildman–Crippen MR) is 93.1 cm³/mol. The van der Waals surface area contributed by atoms with E-state index in [0.717, 1.165) is 35.7 Å². The Morgan fingerprint density at radius 1 is 1.33 bits per heavy atom. The molecule has 21 heavy (non-hydrogen) atoms. The molecule has 0 radical (unpaired) electrons. The molecular weight excluding hydrogens is 284 g/mol. The number of rotatable bonds is 6. The Morgan fingerprint density at radius 2 is 2.10 bits per heavy atom. The van der Waals surface area contributed by atoms with Crippen molar-refractivity contribution < 1.29 is 5.11 Å². The Morgan fingerprint density at radius 3 is 2.76 bits per heavy atom. The van der Waals surface area contributed by atoms with Gasteiger partial charge in [0.25, 0.3) is 0 Å². The lowest BCUT2D eigenvalue weighted by molar-refractivity contribution is 0.267. The molecule has 0 bridgehead atoms. The summed E-state index contributed by atoms with van der Waals surface area (Å²) in [6.07, 6.45) is 3.07. The van der Waals surface area contributed by atoms with E-state index in [1.807, 2.05) is 25.1 Å². The van der Waals surface area contributed by atoms with E-state index < -0.39 is 0 Å². The lowest BCUT2D eigenvalue weighted by Crippen LogP contribution is -2.24. The molecule has 0 aliphatic rings. The number of nitrogens with one attached hydrogen (secondary N) is 1. The van der Waals surface area contributed by atoms with Gasteiger partial charge in [0.2, 0.25) is 5.95 Å². The molecule has 1 atom stereocenters. The zero-order valence-corrected chi connectivity index (χ0v) is 13.6. The minimum absolute atomic E-state index is 0. The second kappa shape index (κ2) is 8.05. The Bertz CT molecular complexity index is 591. The highest BCUT2D eigenvalue weighted by Crippen LogP contribution is 2.23. The lowest BCUT2D eigenvalue weighted by atomic mass is 10.1. The molecule has 6 heteroatoms. The number of aliphatic hydroxyl groups is 1. The van der Waals surface area contributed by atoms with Crippen molar-refractivity contribution in [2.24, 2.45) is 0 Å². The van der Waals surface area contributed by atoms with E-state index in [1.54, 1.807) is 0 Å². The van der Waals surface area contributed by atoms with Gasteiger partial charge in [0.05, 0.1) is 18.2 Å². The molecule has 4 N–H and O–H groups in total. The summed E-state index contributed by atoms with van der Waals surface area (Å²) >= 11 is 0. The number of hydrogen-bond acceptors (Lipinski definition) is 5. The summed E-state index contributed by atoms with van der Waals surface area (Å²) in [4.78, 5) is 8.52. The van der Waals surface area contributed by atoms with Crippen LogP contribution in [0.1, 0.15) is 31.7 Å². The van der Waals surface area contributed by atoms with Crippen LogP contribution in [0, 0.1) is 6.92 Å². The van der Waals surface area contributed by atoms with Crippen LogP contribution in [0.3, 0.4) is 0 Å². The number of hydrogen-bond donors (Lipinski definition) is 3. The Hall–Kier alpha value is -1.53. The van der Waals surface area contributed by atoms with Crippen molar-refractivity contribution in [3.05, 3.63) is 23.8 Å². The number of aliphatic hydroxyl groups excluding tert-OH is 1. The largest absolute Gasteiger partial charge is 0.394 e. The van der Waals surface area contributed by atoms with Crippen molar-refractivity contribution in [3.8, 4) is 0 Å². The van der Waals surface area contributed by atoms with Crippen LogP contribution in [0.15, 0.2) is 18.2 Å². The highest BCUT2D eigenvalue weighted by molar-refractivity contribution is 7.59. The number of fused-ring (bicyclic) bond motifs is 1. The van der Waals surface area contributed by atoms with Gasteiger partial charge in [-0.15, -0.1) is 0 Å². The number of unbranched alkanes of at least 4 members (excludes halogenated alkanes) is 1. The van der Waals surface area contributed by atoms with Crippen LogP contribution in [0.4, 0.5) is 11.8 Å². The average molecular weight is 308 g/mol. The van der Waals surface area contributed by atoms with Gasteiger partial charge in [-0.1, -0.05) is 31.4 Å². The maximum Gasteiger partial charge on any atom is 0.222 e.